The van der Waals surface area contributed by atoms with Gasteiger partial charge in [-0.15, -0.1) is 0 Å². The fraction of sp³-hybridized carbons (Fsp3) is 0.111. The highest BCUT2D eigenvalue weighted by Crippen LogP contribution is 2.40. The Balaban J connectivity index is 2.08. The minimum absolute atomic E-state index is 0.175. The van der Waals surface area contributed by atoms with Crippen molar-refractivity contribution in [2.24, 2.45) is 0 Å². The molecule has 0 spiro atoms. The van der Waals surface area contributed by atoms with Crippen LogP contribution in [0.15, 0.2) is 53.4 Å². The predicted octanol–water partition coefficient (Wildman–Crippen LogP) is 2.53. The van der Waals surface area contributed by atoms with Crippen molar-refractivity contribution in [1.29, 1.82) is 0 Å². The topological polar surface area (TPSA) is 98.5 Å². The number of hydrogen-bond donors (Lipinski definition) is 1. The number of aromatic carboxylic acids is 1. The molecule has 0 saturated heterocycles. The van der Waals surface area contributed by atoms with Gasteiger partial charge in [0.25, 0.3) is 0 Å². The van der Waals surface area contributed by atoms with Crippen molar-refractivity contribution in [3.63, 3.8) is 0 Å². The Morgan fingerprint density at radius 2 is 1.96 bits per heavy atom. The SMILES string of the molecule is COc1cccc(-n2nc(C(=O)O)c3c2-c2ccccc2S(=O)(=O)C3)c1. The lowest BCUT2D eigenvalue weighted by molar-refractivity contribution is 0.0689. The summed E-state index contributed by atoms with van der Waals surface area (Å²) in [6.07, 6.45) is 0. The molecule has 8 heteroatoms. The standard InChI is InChI=1S/C18H14N2O5S/c1-25-12-6-4-5-11(9-12)20-17-13-7-2-3-8-15(13)26(23,24)10-14(17)16(19-20)18(21)22/h2-9H,10H2,1H3,(H,21,22). The average Bonchev–Trinajstić information content (AvgIpc) is 3.01. The van der Waals surface area contributed by atoms with Gasteiger partial charge in [0.15, 0.2) is 15.5 Å². The number of carboxylic acid groups (broad SMARTS) is 1. The van der Waals surface area contributed by atoms with Gasteiger partial charge in [0.05, 0.1) is 29.1 Å². The number of sulfone groups is 1. The number of methoxy groups -OCH3 is 1. The molecule has 1 aliphatic rings. The Kier molecular flexibility index (Phi) is 3.58. The van der Waals surface area contributed by atoms with E-state index in [0.29, 0.717) is 22.7 Å². The summed E-state index contributed by atoms with van der Waals surface area (Å²) >= 11 is 0. The molecule has 1 N–H and O–H groups in total. The lowest BCUT2D eigenvalue weighted by Gasteiger charge is -2.19. The maximum atomic E-state index is 12.6. The second-order valence-corrected chi connectivity index (χ2v) is 7.81. The molecule has 2 aromatic carbocycles. The zero-order valence-corrected chi connectivity index (χ0v) is 14.5. The van der Waals surface area contributed by atoms with Crippen molar-refractivity contribution in [2.75, 3.05) is 7.11 Å². The first-order valence-corrected chi connectivity index (χ1v) is 9.39. The molecular formula is C18H14N2O5S. The quantitative estimate of drug-likeness (QED) is 0.761. The van der Waals surface area contributed by atoms with E-state index in [1.165, 1.54) is 17.9 Å². The fourth-order valence-corrected chi connectivity index (χ4v) is 4.76. The molecule has 3 aromatic rings. The Labute approximate surface area is 149 Å². The van der Waals surface area contributed by atoms with Crippen molar-refractivity contribution in [3.05, 3.63) is 59.8 Å². The summed E-state index contributed by atoms with van der Waals surface area (Å²) in [5.41, 5.74) is 1.43. The van der Waals surface area contributed by atoms with Crippen molar-refractivity contribution >= 4 is 15.8 Å². The van der Waals surface area contributed by atoms with Crippen LogP contribution in [0.2, 0.25) is 0 Å². The minimum Gasteiger partial charge on any atom is -0.497 e. The third-order valence-electron chi connectivity index (χ3n) is 4.30. The molecular weight excluding hydrogens is 356 g/mol. The van der Waals surface area contributed by atoms with Crippen LogP contribution in [0, 0.1) is 0 Å². The number of carboxylic acids is 1. The van der Waals surface area contributed by atoms with Crippen molar-refractivity contribution in [3.8, 4) is 22.7 Å². The predicted molar refractivity (Wildman–Crippen MR) is 93.4 cm³/mol. The average molecular weight is 370 g/mol. The van der Waals surface area contributed by atoms with Gasteiger partial charge in [0.1, 0.15) is 5.75 Å². The van der Waals surface area contributed by atoms with E-state index in [1.807, 2.05) is 0 Å². The van der Waals surface area contributed by atoms with Crippen LogP contribution >= 0.6 is 0 Å². The third kappa shape index (κ3) is 2.38. The number of nitrogens with zero attached hydrogens (tertiary/aromatic N) is 2. The van der Waals surface area contributed by atoms with Gasteiger partial charge in [0.2, 0.25) is 0 Å². The monoisotopic (exact) mass is 370 g/mol. The zero-order chi connectivity index (χ0) is 18.5. The van der Waals surface area contributed by atoms with E-state index < -0.39 is 21.6 Å². The van der Waals surface area contributed by atoms with Crippen LogP contribution < -0.4 is 4.74 Å². The number of rotatable bonds is 3. The van der Waals surface area contributed by atoms with Crippen LogP contribution in [-0.4, -0.2) is 36.4 Å². The Bertz CT molecular complexity index is 1150. The summed E-state index contributed by atoms with van der Waals surface area (Å²) in [5.74, 6) is -1.08. The van der Waals surface area contributed by atoms with Crippen molar-refractivity contribution in [2.45, 2.75) is 10.6 Å². The molecule has 7 nitrogen and oxygen atoms in total. The van der Waals surface area contributed by atoms with Crippen LogP contribution in [0.4, 0.5) is 0 Å². The van der Waals surface area contributed by atoms with Gasteiger partial charge in [-0.1, -0.05) is 24.3 Å². The first-order chi connectivity index (χ1) is 12.4. The molecule has 0 amide bonds. The van der Waals surface area contributed by atoms with Gasteiger partial charge in [-0.2, -0.15) is 5.10 Å². The second-order valence-electron chi connectivity index (χ2n) is 5.85. The smallest absolute Gasteiger partial charge is 0.356 e. The summed E-state index contributed by atoms with van der Waals surface area (Å²) in [7, 11) is -2.10. The highest BCUT2D eigenvalue weighted by molar-refractivity contribution is 7.90. The molecule has 2 heterocycles. The van der Waals surface area contributed by atoms with E-state index in [4.69, 9.17) is 4.74 Å². The Morgan fingerprint density at radius 1 is 1.19 bits per heavy atom. The molecule has 0 bridgehead atoms. The number of ether oxygens (including phenoxy) is 1. The number of fused-ring (bicyclic) bond motifs is 3. The van der Waals surface area contributed by atoms with Gasteiger partial charge in [-0.3, -0.25) is 0 Å². The van der Waals surface area contributed by atoms with Crippen LogP contribution in [-0.2, 0) is 15.6 Å². The van der Waals surface area contributed by atoms with Gasteiger partial charge < -0.3 is 9.84 Å². The van der Waals surface area contributed by atoms with E-state index in [2.05, 4.69) is 5.10 Å². The summed E-state index contributed by atoms with van der Waals surface area (Å²) in [6, 6.07) is 13.5. The van der Waals surface area contributed by atoms with Gasteiger partial charge in [-0.05, 0) is 18.2 Å². The molecule has 1 aliphatic heterocycles. The number of carbonyl (C=O) groups is 1. The van der Waals surface area contributed by atoms with Crippen molar-refractivity contribution < 1.29 is 23.1 Å². The first-order valence-electron chi connectivity index (χ1n) is 7.74. The van der Waals surface area contributed by atoms with Crippen LogP contribution in [0.25, 0.3) is 16.9 Å². The first kappa shape index (κ1) is 16.3. The van der Waals surface area contributed by atoms with E-state index in [1.54, 1.807) is 42.5 Å². The van der Waals surface area contributed by atoms with E-state index in [-0.39, 0.29) is 16.2 Å². The van der Waals surface area contributed by atoms with Crippen LogP contribution in [0.5, 0.6) is 5.75 Å². The summed E-state index contributed by atoms with van der Waals surface area (Å²) in [6.45, 7) is 0. The molecule has 4 rings (SSSR count). The van der Waals surface area contributed by atoms with Crippen LogP contribution in [0.3, 0.4) is 0 Å². The normalized spacial score (nSPS) is 14.3. The maximum Gasteiger partial charge on any atom is 0.356 e. The lowest BCUT2D eigenvalue weighted by Crippen LogP contribution is -2.15. The van der Waals surface area contributed by atoms with Gasteiger partial charge in [-0.25, -0.2) is 17.9 Å². The molecule has 0 aliphatic carbocycles. The summed E-state index contributed by atoms with van der Waals surface area (Å²) in [4.78, 5) is 11.8. The minimum atomic E-state index is -3.63. The molecule has 132 valence electrons. The van der Waals surface area contributed by atoms with Gasteiger partial charge in [0, 0.05) is 17.2 Å². The molecule has 0 fully saturated rings. The highest BCUT2D eigenvalue weighted by atomic mass is 32.2. The largest absolute Gasteiger partial charge is 0.497 e. The van der Waals surface area contributed by atoms with Crippen molar-refractivity contribution in [1.82, 2.24) is 9.78 Å². The van der Waals surface area contributed by atoms with Gasteiger partial charge >= 0.3 is 5.97 Å². The molecule has 1 aromatic heterocycles. The zero-order valence-electron chi connectivity index (χ0n) is 13.7. The van der Waals surface area contributed by atoms with Crippen LogP contribution in [0.1, 0.15) is 16.1 Å². The maximum absolute atomic E-state index is 12.6. The third-order valence-corrected chi connectivity index (χ3v) is 5.99. The summed E-state index contributed by atoms with van der Waals surface area (Å²) in [5, 5.41) is 13.7. The summed E-state index contributed by atoms with van der Waals surface area (Å²) < 4.78 is 31.9. The van der Waals surface area contributed by atoms with E-state index in [9.17, 15) is 18.3 Å². The molecule has 26 heavy (non-hydrogen) atoms. The molecule has 0 unspecified atom stereocenters. The number of benzene rings is 2. The Hall–Kier alpha value is -3.13. The fourth-order valence-electron chi connectivity index (χ4n) is 3.17. The molecule has 0 atom stereocenters. The lowest BCUT2D eigenvalue weighted by atomic mass is 10.1. The van der Waals surface area contributed by atoms with E-state index in [0.717, 1.165) is 0 Å². The number of aromatic nitrogens is 2. The number of hydrogen-bond acceptors (Lipinski definition) is 5. The van der Waals surface area contributed by atoms with E-state index >= 15 is 0 Å². The molecule has 0 radical (unpaired) electrons. The second kappa shape index (κ2) is 5.70. The molecule has 0 saturated carbocycles. The highest BCUT2D eigenvalue weighted by Gasteiger charge is 2.35. The Morgan fingerprint density at radius 3 is 2.69 bits per heavy atom.